The minimum absolute atomic E-state index is 1.15. The first kappa shape index (κ1) is 67.9. The van der Waals surface area contributed by atoms with Gasteiger partial charge in [-0.15, -0.1) is 0 Å². The zero-order chi connectivity index (χ0) is 81.8. The number of rotatable bonds is 8. The van der Waals surface area contributed by atoms with Gasteiger partial charge in [0.1, 0.15) is 0 Å². The normalized spacial score (nSPS) is 12.4. The number of para-hydroxylation sites is 4. The van der Waals surface area contributed by atoms with Gasteiger partial charge in [-0.3, -0.25) is 0 Å². The van der Waals surface area contributed by atoms with Crippen molar-refractivity contribution in [2.24, 2.45) is 0 Å². The Balaban J connectivity index is 0.000000127. The lowest BCUT2D eigenvalue weighted by Gasteiger charge is -2.13. The van der Waals surface area contributed by atoms with Gasteiger partial charge in [0.25, 0.3) is 0 Å². The van der Waals surface area contributed by atoms with Crippen molar-refractivity contribution in [3.8, 4) is 56.4 Å². The van der Waals surface area contributed by atoms with Crippen LogP contribution in [0, 0.1) is 0 Å². The number of hydrogen-bond donors (Lipinski definition) is 0. The zero-order valence-corrected chi connectivity index (χ0v) is 68.1. The number of nitrogens with zero attached hydrogens (tertiary/aromatic N) is 6. The highest BCUT2D eigenvalue weighted by molar-refractivity contribution is 6.30. The first-order chi connectivity index (χ1) is 62.5. The summed E-state index contributed by atoms with van der Waals surface area (Å²) in [6.07, 6.45) is 0. The lowest BCUT2D eigenvalue weighted by molar-refractivity contribution is 1.16. The third kappa shape index (κ3) is 9.48. The Morgan fingerprint density at radius 2 is 0.341 bits per heavy atom. The molecule has 30 aromatic rings. The third-order valence-electron chi connectivity index (χ3n) is 28.1. The minimum atomic E-state index is 1.15. The van der Waals surface area contributed by atoms with E-state index in [4.69, 9.17) is 0 Å². The third-order valence-corrected chi connectivity index (χ3v) is 28.1. The summed E-state index contributed by atoms with van der Waals surface area (Å²) >= 11 is 0. The van der Waals surface area contributed by atoms with Crippen LogP contribution in [0.4, 0.5) is 0 Å². The zero-order valence-electron chi connectivity index (χ0n) is 68.1. The molecule has 6 heterocycles. The van der Waals surface area contributed by atoms with Crippen molar-refractivity contribution in [2.45, 2.75) is 0 Å². The van der Waals surface area contributed by atoms with Crippen LogP contribution in [0.3, 0.4) is 0 Å². The molecular formula is C120H70N6. The van der Waals surface area contributed by atoms with Crippen molar-refractivity contribution < 1.29 is 0 Å². The highest BCUT2D eigenvalue weighted by atomic mass is 15.0. The Morgan fingerprint density at radius 3 is 0.698 bits per heavy atom. The van der Waals surface area contributed by atoms with E-state index in [2.05, 4.69) is 452 Å². The van der Waals surface area contributed by atoms with Gasteiger partial charge in [0.15, 0.2) is 0 Å². The van der Waals surface area contributed by atoms with Crippen molar-refractivity contribution in [3.05, 3.63) is 425 Å². The van der Waals surface area contributed by atoms with E-state index in [0.717, 1.165) is 22.7 Å². The molecule has 0 amide bonds. The van der Waals surface area contributed by atoms with Crippen LogP contribution in [0.25, 0.3) is 273 Å². The second-order valence-electron chi connectivity index (χ2n) is 34.6. The van der Waals surface area contributed by atoms with E-state index in [1.54, 1.807) is 0 Å². The Labute approximate surface area is 720 Å². The summed E-state index contributed by atoms with van der Waals surface area (Å²) < 4.78 is 14.8. The Kier molecular flexibility index (Phi) is 13.7. The molecule has 6 heteroatoms. The van der Waals surface area contributed by atoms with Crippen molar-refractivity contribution in [1.29, 1.82) is 0 Å². The number of aromatic nitrogens is 6. The van der Waals surface area contributed by atoms with Crippen molar-refractivity contribution in [3.63, 3.8) is 0 Å². The van der Waals surface area contributed by atoms with Crippen LogP contribution in [0.15, 0.2) is 425 Å². The Morgan fingerprint density at radius 1 is 0.103 bits per heavy atom. The minimum Gasteiger partial charge on any atom is -0.309 e. The van der Waals surface area contributed by atoms with Gasteiger partial charge in [0, 0.05) is 98.8 Å². The predicted octanol–water partition coefficient (Wildman–Crippen LogP) is 32.3. The first-order valence-corrected chi connectivity index (χ1v) is 43.7. The van der Waals surface area contributed by atoms with E-state index in [9.17, 15) is 0 Å². The fourth-order valence-corrected chi connectivity index (χ4v) is 22.7. The maximum atomic E-state index is 2.51. The summed E-state index contributed by atoms with van der Waals surface area (Å²) in [7, 11) is 0. The highest BCUT2D eigenvalue weighted by Gasteiger charge is 2.27. The number of fused-ring (bicyclic) bond motifs is 12. The van der Waals surface area contributed by atoms with Gasteiger partial charge in [0.05, 0.1) is 66.2 Å². The van der Waals surface area contributed by atoms with Gasteiger partial charge in [-0.25, -0.2) is 0 Å². The quantitative estimate of drug-likeness (QED) is 0.136. The number of benzene rings is 24. The smallest absolute Gasteiger partial charge is 0.0553 e. The molecule has 0 bridgehead atoms. The molecule has 0 saturated heterocycles. The molecule has 0 fully saturated rings. The molecule has 0 atom stereocenters. The summed E-state index contributed by atoms with van der Waals surface area (Å²) in [5.74, 6) is 0. The second kappa shape index (κ2) is 25.4. The van der Waals surface area contributed by atoms with Crippen LogP contribution in [0.1, 0.15) is 0 Å². The summed E-state index contributed by atoms with van der Waals surface area (Å²) in [5.41, 5.74) is 26.4. The first-order valence-electron chi connectivity index (χ1n) is 43.7. The van der Waals surface area contributed by atoms with Crippen molar-refractivity contribution >= 4 is 217 Å². The molecule has 126 heavy (non-hydrogen) atoms. The summed E-state index contributed by atoms with van der Waals surface area (Å²) in [5, 5.41) is 35.7. The molecule has 30 rings (SSSR count). The lowest BCUT2D eigenvalue weighted by Crippen LogP contribution is -1.96. The van der Waals surface area contributed by atoms with E-state index in [-0.39, 0.29) is 0 Å². The molecular weight excluding hydrogens is 1530 g/mol. The maximum absolute atomic E-state index is 2.51. The predicted molar refractivity (Wildman–Crippen MR) is 535 cm³/mol. The monoisotopic (exact) mass is 1590 g/mol. The Hall–Kier alpha value is -16.8. The Bertz CT molecular complexity index is 9300. The molecule has 0 unspecified atom stereocenters. The SMILES string of the molecule is c1ccc(-n2c3ccccc3c3cc(-n4c5cccc6ccc7cc(-c8cc9ccc%10cccc%11c%10c9c(c8)n%11-c8ccc9c(c8)c8ccccc8n9-c8ccccc8)cc4c7c65)ccc32)cc1.c1ccc2c(c1)ccc1cc(-n3c4cccc5ccc6cc(-c7cc8ccc9cccc%10c9c8c(c7)n%10-c7ccc8c(ccc9ccccc98)c7)cc3c6c54)ccc12. The van der Waals surface area contributed by atoms with Gasteiger partial charge in [-0.1, -0.05) is 255 Å². The summed E-state index contributed by atoms with van der Waals surface area (Å²) in [6, 6.07) is 158. The summed E-state index contributed by atoms with van der Waals surface area (Å²) in [4.78, 5) is 0. The molecule has 0 aliphatic carbocycles. The fraction of sp³-hybridized carbons (Fsp3) is 0. The van der Waals surface area contributed by atoms with E-state index in [1.807, 2.05) is 0 Å². The molecule has 0 N–H and O–H groups in total. The van der Waals surface area contributed by atoms with E-state index >= 15 is 0 Å². The van der Waals surface area contributed by atoms with Gasteiger partial charge in [-0.05, 0) is 278 Å². The fourth-order valence-electron chi connectivity index (χ4n) is 22.7. The van der Waals surface area contributed by atoms with E-state index in [1.165, 1.54) is 251 Å². The van der Waals surface area contributed by atoms with E-state index in [0.29, 0.717) is 0 Å². The van der Waals surface area contributed by atoms with Crippen molar-refractivity contribution in [1.82, 2.24) is 27.4 Å². The van der Waals surface area contributed by atoms with Crippen LogP contribution in [-0.4, -0.2) is 27.4 Å². The summed E-state index contributed by atoms with van der Waals surface area (Å²) in [6.45, 7) is 0. The molecule has 0 radical (unpaired) electrons. The molecule has 580 valence electrons. The van der Waals surface area contributed by atoms with Crippen LogP contribution < -0.4 is 0 Å². The van der Waals surface area contributed by atoms with Crippen LogP contribution in [0.5, 0.6) is 0 Å². The van der Waals surface area contributed by atoms with Gasteiger partial charge < -0.3 is 27.4 Å². The van der Waals surface area contributed by atoms with Crippen LogP contribution in [-0.2, 0) is 0 Å². The van der Waals surface area contributed by atoms with Gasteiger partial charge in [0.2, 0.25) is 0 Å². The lowest BCUT2D eigenvalue weighted by atomic mass is 9.94. The standard InChI is InChI=1S/C64H38N4.C56H32N2/c1-3-15-45(16-4-1)65-53-21-9-7-19-49(53)51-37-47(29-31-55(51)65)67-57-23-11-13-39-25-27-41-33-43(35-59(67)63(41)61(39)57)44-34-42-28-26-40-14-12-24-58-62(40)64(42)60(36-44)68(58)48-30-32-56-52(38-48)50-20-8-10-22-54(50)66(56)46-17-5-2-6-18-46;1-3-11-45-33(7-1)15-19-37-29-43(23-25-47(37)45)57-49-13-5-9-35-17-21-39-27-41(31-51(57)55(39)53(35)49)42-28-40-22-18-36-10-6-14-50-54(36)56(40)52(32-42)58(50)44-24-26-48-38(30-44)20-16-34-8-2-4-12-46(34)48/h1-38H;1-32H. The van der Waals surface area contributed by atoms with Crippen molar-refractivity contribution in [2.75, 3.05) is 0 Å². The van der Waals surface area contributed by atoms with Gasteiger partial charge in [-0.2, -0.15) is 0 Å². The molecule has 6 aromatic heterocycles. The van der Waals surface area contributed by atoms with E-state index < -0.39 is 0 Å². The molecule has 0 saturated carbocycles. The largest absolute Gasteiger partial charge is 0.309 e. The molecule has 24 aromatic carbocycles. The average Bonchev–Trinajstić information content (AvgIpc) is 1.55. The molecule has 0 aliphatic rings. The highest BCUT2D eigenvalue weighted by Crippen LogP contribution is 2.50. The molecule has 0 aliphatic heterocycles. The second-order valence-corrected chi connectivity index (χ2v) is 34.6. The maximum Gasteiger partial charge on any atom is 0.0553 e. The van der Waals surface area contributed by atoms with Crippen LogP contribution >= 0.6 is 0 Å². The molecule has 6 nitrogen and oxygen atoms in total. The van der Waals surface area contributed by atoms with Crippen LogP contribution in [0.2, 0.25) is 0 Å². The topological polar surface area (TPSA) is 29.6 Å². The average molecular weight is 1600 g/mol. The molecule has 0 spiro atoms. The van der Waals surface area contributed by atoms with Gasteiger partial charge >= 0.3 is 0 Å². The number of hydrogen-bond acceptors (Lipinski definition) is 0.